The first-order valence-corrected chi connectivity index (χ1v) is 6.01. The number of carbonyl (C=O) groups is 1. The van der Waals surface area contributed by atoms with Gasteiger partial charge in [-0.2, -0.15) is 0 Å². The molecule has 0 saturated carbocycles. The minimum absolute atomic E-state index is 0.0282. The number of benzene rings is 1. The highest BCUT2D eigenvalue weighted by atomic mass is 79.9. The van der Waals surface area contributed by atoms with Crippen LogP contribution in [0.25, 0.3) is 0 Å². The number of esters is 1. The van der Waals surface area contributed by atoms with E-state index in [0.717, 1.165) is 15.6 Å². The molecule has 0 fully saturated rings. The third-order valence-electron chi connectivity index (χ3n) is 2.28. The SMILES string of the molecule is CCOC(=O)CCc1cccc(Br)c1CO. The number of ether oxygens (including phenoxy) is 1. The topological polar surface area (TPSA) is 46.5 Å². The van der Waals surface area contributed by atoms with Gasteiger partial charge in [0.1, 0.15) is 0 Å². The summed E-state index contributed by atoms with van der Waals surface area (Å²) in [5.41, 5.74) is 1.82. The first-order valence-electron chi connectivity index (χ1n) is 5.21. The molecule has 1 aromatic carbocycles. The minimum atomic E-state index is -0.202. The molecule has 0 heterocycles. The first kappa shape index (κ1) is 13.2. The summed E-state index contributed by atoms with van der Waals surface area (Å²) in [4.78, 5) is 11.2. The van der Waals surface area contributed by atoms with Crippen molar-refractivity contribution in [1.82, 2.24) is 0 Å². The summed E-state index contributed by atoms with van der Waals surface area (Å²) in [6, 6.07) is 5.68. The summed E-state index contributed by atoms with van der Waals surface area (Å²) in [7, 11) is 0. The predicted octanol–water partition coefficient (Wildman–Crippen LogP) is 2.44. The third kappa shape index (κ3) is 3.61. The summed E-state index contributed by atoms with van der Waals surface area (Å²) in [5.74, 6) is -0.202. The average molecular weight is 287 g/mol. The molecule has 1 rings (SSSR count). The van der Waals surface area contributed by atoms with Crippen molar-refractivity contribution in [1.29, 1.82) is 0 Å². The van der Waals surface area contributed by atoms with Gasteiger partial charge in [-0.1, -0.05) is 28.1 Å². The molecule has 0 bridgehead atoms. The zero-order valence-corrected chi connectivity index (χ0v) is 10.8. The fraction of sp³-hybridized carbons (Fsp3) is 0.417. The average Bonchev–Trinajstić information content (AvgIpc) is 2.27. The fourth-order valence-electron chi connectivity index (χ4n) is 1.48. The Morgan fingerprint density at radius 2 is 2.25 bits per heavy atom. The number of hydrogen-bond acceptors (Lipinski definition) is 3. The molecule has 0 aromatic heterocycles. The molecule has 1 aromatic rings. The Balaban J connectivity index is 2.66. The lowest BCUT2D eigenvalue weighted by molar-refractivity contribution is -0.143. The molecule has 0 amide bonds. The normalized spacial score (nSPS) is 10.2. The van der Waals surface area contributed by atoms with Crippen molar-refractivity contribution in [2.24, 2.45) is 0 Å². The third-order valence-corrected chi connectivity index (χ3v) is 3.02. The second kappa shape index (κ2) is 6.66. The summed E-state index contributed by atoms with van der Waals surface area (Å²) >= 11 is 3.37. The summed E-state index contributed by atoms with van der Waals surface area (Å²) < 4.78 is 5.73. The molecule has 0 radical (unpaired) electrons. The minimum Gasteiger partial charge on any atom is -0.466 e. The molecule has 0 unspecified atom stereocenters. The summed E-state index contributed by atoms with van der Waals surface area (Å²) in [6.45, 7) is 2.17. The molecule has 1 N–H and O–H groups in total. The first-order chi connectivity index (χ1) is 7.69. The molecule has 0 atom stereocenters. The van der Waals surface area contributed by atoms with Crippen LogP contribution in [0, 0.1) is 0 Å². The smallest absolute Gasteiger partial charge is 0.306 e. The highest BCUT2D eigenvalue weighted by Crippen LogP contribution is 2.21. The van der Waals surface area contributed by atoms with Crippen molar-refractivity contribution in [3.05, 3.63) is 33.8 Å². The Hall–Kier alpha value is -0.870. The zero-order valence-electron chi connectivity index (χ0n) is 9.20. The van der Waals surface area contributed by atoms with Crippen molar-refractivity contribution in [3.63, 3.8) is 0 Å². The number of carbonyl (C=O) groups excluding carboxylic acids is 1. The largest absolute Gasteiger partial charge is 0.466 e. The van der Waals surface area contributed by atoms with Crippen molar-refractivity contribution in [2.45, 2.75) is 26.4 Å². The van der Waals surface area contributed by atoms with Crippen LogP contribution in [-0.2, 0) is 22.6 Å². The van der Waals surface area contributed by atoms with Crippen LogP contribution in [0.2, 0.25) is 0 Å². The predicted molar refractivity (Wildman–Crippen MR) is 65.0 cm³/mol. The molecule has 0 saturated heterocycles. The molecule has 0 aliphatic carbocycles. The van der Waals surface area contributed by atoms with E-state index in [2.05, 4.69) is 15.9 Å². The van der Waals surface area contributed by atoms with E-state index in [4.69, 9.17) is 4.74 Å². The van der Waals surface area contributed by atoms with Crippen molar-refractivity contribution >= 4 is 21.9 Å². The van der Waals surface area contributed by atoms with E-state index in [9.17, 15) is 9.90 Å². The fourth-order valence-corrected chi connectivity index (χ4v) is 2.02. The summed E-state index contributed by atoms with van der Waals surface area (Å²) in [6.07, 6.45) is 0.936. The van der Waals surface area contributed by atoms with Gasteiger partial charge in [-0.05, 0) is 30.5 Å². The number of rotatable bonds is 5. The lowest BCUT2D eigenvalue weighted by atomic mass is 10.0. The molecular formula is C12H15BrO3. The van der Waals surface area contributed by atoms with Gasteiger partial charge in [-0.3, -0.25) is 4.79 Å². The Bertz CT molecular complexity index is 363. The number of aliphatic hydroxyl groups excluding tert-OH is 1. The Labute approximate surface area is 104 Å². The van der Waals surface area contributed by atoms with Crippen LogP contribution in [0.15, 0.2) is 22.7 Å². The second-order valence-corrected chi connectivity index (χ2v) is 4.19. The number of aliphatic hydroxyl groups is 1. The van der Waals surface area contributed by atoms with Crippen molar-refractivity contribution in [2.75, 3.05) is 6.61 Å². The van der Waals surface area contributed by atoms with E-state index >= 15 is 0 Å². The lowest BCUT2D eigenvalue weighted by Gasteiger charge is -2.08. The van der Waals surface area contributed by atoms with Gasteiger partial charge in [0, 0.05) is 10.9 Å². The van der Waals surface area contributed by atoms with Crippen LogP contribution in [0.5, 0.6) is 0 Å². The number of aryl methyl sites for hydroxylation is 1. The van der Waals surface area contributed by atoms with Crippen LogP contribution < -0.4 is 0 Å². The van der Waals surface area contributed by atoms with Gasteiger partial charge < -0.3 is 9.84 Å². The van der Waals surface area contributed by atoms with Crippen LogP contribution in [0.4, 0.5) is 0 Å². The maximum atomic E-state index is 11.2. The maximum Gasteiger partial charge on any atom is 0.306 e. The van der Waals surface area contributed by atoms with Gasteiger partial charge in [0.05, 0.1) is 13.2 Å². The van der Waals surface area contributed by atoms with Crippen LogP contribution in [0.3, 0.4) is 0 Å². The molecule has 88 valence electrons. The van der Waals surface area contributed by atoms with Crippen molar-refractivity contribution in [3.8, 4) is 0 Å². The second-order valence-electron chi connectivity index (χ2n) is 3.34. The van der Waals surface area contributed by atoms with Crippen LogP contribution in [-0.4, -0.2) is 17.7 Å². The Morgan fingerprint density at radius 3 is 2.88 bits per heavy atom. The molecule has 0 aliphatic rings. The molecule has 3 nitrogen and oxygen atoms in total. The quantitative estimate of drug-likeness (QED) is 0.846. The number of hydrogen-bond donors (Lipinski definition) is 1. The van der Waals surface area contributed by atoms with E-state index in [1.807, 2.05) is 18.2 Å². The molecule has 16 heavy (non-hydrogen) atoms. The van der Waals surface area contributed by atoms with Gasteiger partial charge in [0.25, 0.3) is 0 Å². The van der Waals surface area contributed by atoms with Crippen molar-refractivity contribution < 1.29 is 14.6 Å². The van der Waals surface area contributed by atoms with Gasteiger partial charge in [-0.25, -0.2) is 0 Å². The molecule has 4 heteroatoms. The molecular weight excluding hydrogens is 272 g/mol. The zero-order chi connectivity index (χ0) is 12.0. The standard InChI is InChI=1S/C12H15BrO3/c1-2-16-12(15)7-6-9-4-3-5-11(13)10(9)8-14/h3-5,14H,2,6-8H2,1H3. The van der Waals surface area contributed by atoms with Gasteiger partial charge >= 0.3 is 5.97 Å². The number of halogens is 1. The van der Waals surface area contributed by atoms with Crippen LogP contribution in [0.1, 0.15) is 24.5 Å². The highest BCUT2D eigenvalue weighted by molar-refractivity contribution is 9.10. The van der Waals surface area contributed by atoms with Gasteiger partial charge in [-0.15, -0.1) is 0 Å². The van der Waals surface area contributed by atoms with E-state index in [1.54, 1.807) is 6.92 Å². The Morgan fingerprint density at radius 1 is 1.50 bits per heavy atom. The molecule has 0 aliphatic heterocycles. The Kier molecular flexibility index (Phi) is 5.49. The maximum absolute atomic E-state index is 11.2. The van der Waals surface area contributed by atoms with E-state index in [0.29, 0.717) is 19.4 Å². The van der Waals surface area contributed by atoms with E-state index < -0.39 is 0 Å². The molecule has 0 spiro atoms. The van der Waals surface area contributed by atoms with E-state index in [1.165, 1.54) is 0 Å². The summed E-state index contributed by atoms with van der Waals surface area (Å²) in [5, 5.41) is 9.22. The van der Waals surface area contributed by atoms with Gasteiger partial charge in [0.2, 0.25) is 0 Å². The highest BCUT2D eigenvalue weighted by Gasteiger charge is 2.08. The van der Waals surface area contributed by atoms with Gasteiger partial charge in [0.15, 0.2) is 0 Å². The monoisotopic (exact) mass is 286 g/mol. The lowest BCUT2D eigenvalue weighted by Crippen LogP contribution is -2.06. The van der Waals surface area contributed by atoms with Crippen LogP contribution >= 0.6 is 15.9 Å². The van der Waals surface area contributed by atoms with E-state index in [-0.39, 0.29) is 12.6 Å².